The molecule has 0 N–H and O–H groups in total. The second-order valence-corrected chi connectivity index (χ2v) is 8.75. The van der Waals surface area contributed by atoms with Crippen LogP contribution in [0.2, 0.25) is 5.02 Å². The maximum absolute atomic E-state index is 12.8. The summed E-state index contributed by atoms with van der Waals surface area (Å²) in [5, 5.41) is 1.34. The Balaban J connectivity index is 1.72. The summed E-state index contributed by atoms with van der Waals surface area (Å²) < 4.78 is 30.9. The zero-order valence-corrected chi connectivity index (χ0v) is 15.6. The van der Waals surface area contributed by atoms with E-state index in [2.05, 4.69) is 0 Å². The summed E-state index contributed by atoms with van der Waals surface area (Å²) in [6.07, 6.45) is 2.65. The van der Waals surface area contributed by atoms with Crippen LogP contribution in [0.3, 0.4) is 0 Å². The van der Waals surface area contributed by atoms with Crippen LogP contribution in [0.5, 0.6) is 0 Å². The third-order valence-corrected chi connectivity index (χ3v) is 5.94. The van der Waals surface area contributed by atoms with Gasteiger partial charge in [0.1, 0.15) is 5.58 Å². The van der Waals surface area contributed by atoms with Crippen LogP contribution in [0.25, 0.3) is 11.0 Å². The Labute approximate surface area is 156 Å². The predicted octanol–water partition coefficient (Wildman–Crippen LogP) is 4.03. The Hall–Kier alpha value is -2.31. The molecule has 0 unspecified atom stereocenters. The highest BCUT2D eigenvalue weighted by molar-refractivity contribution is 7.92. The quantitative estimate of drug-likeness (QED) is 0.634. The van der Waals surface area contributed by atoms with Gasteiger partial charge in [0.05, 0.1) is 11.9 Å². The van der Waals surface area contributed by atoms with E-state index in [1.54, 1.807) is 42.5 Å². The van der Waals surface area contributed by atoms with Crippen molar-refractivity contribution in [2.45, 2.75) is 12.8 Å². The summed E-state index contributed by atoms with van der Waals surface area (Å²) in [4.78, 5) is 12.8. The van der Waals surface area contributed by atoms with Gasteiger partial charge in [0.2, 0.25) is 15.8 Å². The van der Waals surface area contributed by atoms with Crippen molar-refractivity contribution < 1.29 is 17.6 Å². The standard InChI is InChI=1S/C19H16ClNO4S/c1-26(23,24)21-8-2-3-12-9-13(4-6-16(12)21)19(22)18-11-14-10-15(20)5-7-17(14)25-18/h4-7,9-11H,2-3,8H2,1H3. The van der Waals surface area contributed by atoms with Crippen LogP contribution in [0.15, 0.2) is 46.9 Å². The first-order chi connectivity index (χ1) is 12.3. The first-order valence-corrected chi connectivity index (χ1v) is 10.4. The molecule has 0 fully saturated rings. The fraction of sp³-hybridized carbons (Fsp3) is 0.211. The molecule has 0 atom stereocenters. The summed E-state index contributed by atoms with van der Waals surface area (Å²) in [5.41, 5.74) is 2.57. The molecule has 26 heavy (non-hydrogen) atoms. The molecule has 1 aromatic heterocycles. The van der Waals surface area contributed by atoms with E-state index in [1.165, 1.54) is 10.6 Å². The second-order valence-electron chi connectivity index (χ2n) is 6.40. The number of halogens is 1. The molecule has 0 amide bonds. The first kappa shape index (κ1) is 17.1. The zero-order chi connectivity index (χ0) is 18.5. The van der Waals surface area contributed by atoms with Crippen LogP contribution in [-0.4, -0.2) is 27.0 Å². The van der Waals surface area contributed by atoms with Crippen LogP contribution < -0.4 is 4.31 Å². The fourth-order valence-corrected chi connectivity index (χ4v) is 4.49. The van der Waals surface area contributed by atoms with Gasteiger partial charge < -0.3 is 4.42 Å². The van der Waals surface area contributed by atoms with E-state index >= 15 is 0 Å². The lowest BCUT2D eigenvalue weighted by molar-refractivity contribution is 0.101. The van der Waals surface area contributed by atoms with Gasteiger partial charge in [0.25, 0.3) is 0 Å². The van der Waals surface area contributed by atoms with Crippen LogP contribution >= 0.6 is 11.6 Å². The number of benzene rings is 2. The average molecular weight is 390 g/mol. The minimum atomic E-state index is -3.33. The van der Waals surface area contributed by atoms with Crippen molar-refractivity contribution >= 4 is 44.1 Å². The molecule has 0 spiro atoms. The van der Waals surface area contributed by atoms with Gasteiger partial charge >= 0.3 is 0 Å². The largest absolute Gasteiger partial charge is 0.453 e. The molecule has 0 bridgehead atoms. The van der Waals surface area contributed by atoms with Crippen molar-refractivity contribution in [2.24, 2.45) is 0 Å². The maximum atomic E-state index is 12.8. The highest BCUT2D eigenvalue weighted by Gasteiger charge is 2.25. The maximum Gasteiger partial charge on any atom is 0.232 e. The van der Waals surface area contributed by atoms with E-state index in [9.17, 15) is 13.2 Å². The second kappa shape index (κ2) is 6.14. The number of carbonyl (C=O) groups is 1. The monoisotopic (exact) mass is 389 g/mol. The van der Waals surface area contributed by atoms with Gasteiger partial charge in [-0.15, -0.1) is 0 Å². The van der Waals surface area contributed by atoms with E-state index in [0.717, 1.165) is 23.8 Å². The third-order valence-electron chi connectivity index (χ3n) is 4.52. The van der Waals surface area contributed by atoms with E-state index in [4.69, 9.17) is 16.0 Å². The van der Waals surface area contributed by atoms with Crippen LogP contribution in [0.1, 0.15) is 28.1 Å². The molecular weight excluding hydrogens is 374 g/mol. The van der Waals surface area contributed by atoms with E-state index in [-0.39, 0.29) is 11.5 Å². The van der Waals surface area contributed by atoms with Gasteiger partial charge in [-0.2, -0.15) is 0 Å². The van der Waals surface area contributed by atoms with Crippen LogP contribution in [0.4, 0.5) is 5.69 Å². The van der Waals surface area contributed by atoms with Gasteiger partial charge in [-0.25, -0.2) is 8.42 Å². The molecule has 134 valence electrons. The number of hydrogen-bond acceptors (Lipinski definition) is 4. The molecule has 1 aliphatic heterocycles. The van der Waals surface area contributed by atoms with Gasteiger partial charge in [-0.3, -0.25) is 9.10 Å². The minimum Gasteiger partial charge on any atom is -0.453 e. The summed E-state index contributed by atoms with van der Waals surface area (Å²) in [5.74, 6) is -0.00500. The first-order valence-electron chi connectivity index (χ1n) is 8.17. The van der Waals surface area contributed by atoms with E-state index < -0.39 is 10.0 Å². The van der Waals surface area contributed by atoms with Crippen LogP contribution in [-0.2, 0) is 16.4 Å². The third kappa shape index (κ3) is 2.99. The molecular formula is C19H16ClNO4S. The lowest BCUT2D eigenvalue weighted by Crippen LogP contribution is -2.34. The zero-order valence-electron chi connectivity index (χ0n) is 14.0. The molecule has 7 heteroatoms. The van der Waals surface area contributed by atoms with Gasteiger partial charge in [-0.05, 0) is 60.9 Å². The molecule has 5 nitrogen and oxygen atoms in total. The van der Waals surface area contributed by atoms with Crippen molar-refractivity contribution in [3.63, 3.8) is 0 Å². The Morgan fingerprint density at radius 3 is 2.73 bits per heavy atom. The van der Waals surface area contributed by atoms with Crippen molar-refractivity contribution in [3.8, 4) is 0 Å². The van der Waals surface area contributed by atoms with Crippen molar-refractivity contribution in [2.75, 3.05) is 17.1 Å². The highest BCUT2D eigenvalue weighted by atomic mass is 35.5. The fourth-order valence-electron chi connectivity index (χ4n) is 3.32. The molecule has 2 aromatic carbocycles. The molecule has 4 rings (SSSR count). The molecule has 0 aliphatic carbocycles. The summed E-state index contributed by atoms with van der Waals surface area (Å²) in [6, 6.07) is 12.0. The van der Waals surface area contributed by atoms with Gasteiger partial charge in [0.15, 0.2) is 5.76 Å². The number of aryl methyl sites for hydroxylation is 1. The van der Waals surface area contributed by atoms with Crippen LogP contribution in [0, 0.1) is 0 Å². The number of sulfonamides is 1. The lowest BCUT2D eigenvalue weighted by Gasteiger charge is -2.29. The number of anilines is 1. The molecule has 2 heterocycles. The van der Waals surface area contributed by atoms with Crippen molar-refractivity contribution in [1.82, 2.24) is 0 Å². The minimum absolute atomic E-state index is 0.234. The normalized spacial score (nSPS) is 14.5. The molecule has 0 saturated carbocycles. The van der Waals surface area contributed by atoms with Gasteiger partial charge in [-0.1, -0.05) is 11.6 Å². The number of furan rings is 1. The number of carbonyl (C=O) groups excluding carboxylic acids is 1. The Bertz CT molecular complexity index is 1130. The van der Waals surface area contributed by atoms with Gasteiger partial charge in [0, 0.05) is 22.5 Å². The summed E-state index contributed by atoms with van der Waals surface area (Å²) in [6.45, 7) is 0.462. The Kier molecular flexibility index (Phi) is 4.04. The summed E-state index contributed by atoms with van der Waals surface area (Å²) in [7, 11) is -3.33. The van der Waals surface area contributed by atoms with E-state index in [0.29, 0.717) is 28.4 Å². The molecule has 1 aliphatic rings. The SMILES string of the molecule is CS(=O)(=O)N1CCCc2cc(C(=O)c3cc4cc(Cl)ccc4o3)ccc21. The number of rotatable bonds is 3. The number of ketones is 1. The smallest absolute Gasteiger partial charge is 0.232 e. The Morgan fingerprint density at radius 1 is 1.15 bits per heavy atom. The Morgan fingerprint density at radius 2 is 1.96 bits per heavy atom. The van der Waals surface area contributed by atoms with E-state index in [1.807, 2.05) is 0 Å². The number of fused-ring (bicyclic) bond motifs is 2. The molecule has 3 aromatic rings. The number of hydrogen-bond donors (Lipinski definition) is 0. The molecule has 0 radical (unpaired) electrons. The lowest BCUT2D eigenvalue weighted by atomic mass is 9.98. The molecule has 0 saturated heterocycles. The predicted molar refractivity (Wildman–Crippen MR) is 102 cm³/mol. The summed E-state index contributed by atoms with van der Waals surface area (Å²) >= 11 is 5.97. The van der Waals surface area contributed by atoms with Crippen molar-refractivity contribution in [1.29, 1.82) is 0 Å². The number of nitrogens with zero attached hydrogens (tertiary/aromatic N) is 1. The topological polar surface area (TPSA) is 67.6 Å². The van der Waals surface area contributed by atoms with Crippen molar-refractivity contribution in [3.05, 3.63) is 64.4 Å². The highest BCUT2D eigenvalue weighted by Crippen LogP contribution is 2.31. The average Bonchev–Trinajstić information content (AvgIpc) is 3.02.